The van der Waals surface area contributed by atoms with E-state index in [4.69, 9.17) is 16.1 Å². The standard InChI is InChI=1S/C28H33ClN4O3/c1-4-23(20-11-6-5-7-12-20)28(35)33(19(2)3)18-25(34)32-16-9-8-15-24(32)27-30-26(31-36-27)21-13-10-14-22(29)17-21/h5-7,10-14,17,19,23-24H,4,8-9,15-16,18H2,1-3H3. The molecule has 36 heavy (non-hydrogen) atoms. The van der Waals surface area contributed by atoms with Crippen molar-refractivity contribution < 1.29 is 14.1 Å². The number of carbonyl (C=O) groups is 2. The highest BCUT2D eigenvalue weighted by atomic mass is 35.5. The fourth-order valence-electron chi connectivity index (χ4n) is 4.79. The molecule has 2 heterocycles. The van der Waals surface area contributed by atoms with E-state index in [1.165, 1.54) is 0 Å². The van der Waals surface area contributed by atoms with Gasteiger partial charge in [0, 0.05) is 23.2 Å². The number of carbonyl (C=O) groups excluding carboxylic acids is 2. The number of amides is 2. The molecule has 8 heteroatoms. The van der Waals surface area contributed by atoms with Crippen LogP contribution in [0.4, 0.5) is 0 Å². The fourth-order valence-corrected chi connectivity index (χ4v) is 4.98. The Morgan fingerprint density at radius 2 is 1.92 bits per heavy atom. The molecule has 1 fully saturated rings. The highest BCUT2D eigenvalue weighted by Crippen LogP contribution is 2.32. The molecule has 1 aliphatic rings. The van der Waals surface area contributed by atoms with Gasteiger partial charge in [0.15, 0.2) is 0 Å². The molecule has 1 aromatic heterocycles. The van der Waals surface area contributed by atoms with Gasteiger partial charge in [-0.25, -0.2) is 0 Å². The molecule has 0 spiro atoms. The summed E-state index contributed by atoms with van der Waals surface area (Å²) < 4.78 is 5.61. The van der Waals surface area contributed by atoms with E-state index in [0.29, 0.717) is 29.7 Å². The molecule has 3 aromatic rings. The Labute approximate surface area is 217 Å². The normalized spacial score (nSPS) is 16.7. The topological polar surface area (TPSA) is 79.5 Å². The highest BCUT2D eigenvalue weighted by molar-refractivity contribution is 6.30. The average Bonchev–Trinajstić information content (AvgIpc) is 3.38. The van der Waals surface area contributed by atoms with Gasteiger partial charge in [-0.05, 0) is 57.2 Å². The third-order valence-electron chi connectivity index (χ3n) is 6.75. The van der Waals surface area contributed by atoms with E-state index in [1.54, 1.807) is 21.9 Å². The van der Waals surface area contributed by atoms with Gasteiger partial charge in [0.1, 0.15) is 12.6 Å². The summed E-state index contributed by atoms with van der Waals surface area (Å²) in [4.78, 5) is 35.3. The molecule has 1 saturated heterocycles. The molecular formula is C28H33ClN4O3. The van der Waals surface area contributed by atoms with Gasteiger partial charge in [0.2, 0.25) is 23.5 Å². The van der Waals surface area contributed by atoms with E-state index in [0.717, 1.165) is 30.4 Å². The Balaban J connectivity index is 1.53. The Hall–Kier alpha value is -3.19. The SMILES string of the molecule is CCC(C(=O)N(CC(=O)N1CCCCC1c1nc(-c2cccc(Cl)c2)no1)C(C)C)c1ccccc1. The highest BCUT2D eigenvalue weighted by Gasteiger charge is 2.35. The third kappa shape index (κ3) is 5.78. The van der Waals surface area contributed by atoms with Crippen LogP contribution in [0.25, 0.3) is 11.4 Å². The molecule has 0 radical (unpaired) electrons. The zero-order chi connectivity index (χ0) is 25.7. The molecule has 2 unspecified atom stereocenters. The molecule has 4 rings (SSSR count). The van der Waals surface area contributed by atoms with Gasteiger partial charge in [0.05, 0.1) is 5.92 Å². The van der Waals surface area contributed by atoms with Crippen LogP contribution in [0.3, 0.4) is 0 Å². The van der Waals surface area contributed by atoms with E-state index in [-0.39, 0.29) is 36.4 Å². The van der Waals surface area contributed by atoms with Gasteiger partial charge in [-0.2, -0.15) is 4.98 Å². The van der Waals surface area contributed by atoms with Crippen LogP contribution in [-0.2, 0) is 9.59 Å². The number of hydrogen-bond acceptors (Lipinski definition) is 5. The Morgan fingerprint density at radius 3 is 2.61 bits per heavy atom. The van der Waals surface area contributed by atoms with E-state index in [9.17, 15) is 9.59 Å². The molecule has 1 aliphatic heterocycles. The first kappa shape index (κ1) is 25.9. The van der Waals surface area contributed by atoms with Crippen molar-refractivity contribution in [2.75, 3.05) is 13.1 Å². The molecule has 2 atom stereocenters. The lowest BCUT2D eigenvalue weighted by Crippen LogP contribution is -2.49. The summed E-state index contributed by atoms with van der Waals surface area (Å²) in [6.07, 6.45) is 3.26. The van der Waals surface area contributed by atoms with Crippen molar-refractivity contribution in [3.63, 3.8) is 0 Å². The van der Waals surface area contributed by atoms with Gasteiger partial charge in [-0.15, -0.1) is 0 Å². The Kier molecular flexibility index (Phi) is 8.41. The van der Waals surface area contributed by atoms with Crippen molar-refractivity contribution >= 4 is 23.4 Å². The quantitative estimate of drug-likeness (QED) is 0.380. The second kappa shape index (κ2) is 11.7. The van der Waals surface area contributed by atoms with Crippen molar-refractivity contribution in [2.24, 2.45) is 0 Å². The number of piperidine rings is 1. The molecule has 190 valence electrons. The predicted molar refractivity (Wildman–Crippen MR) is 139 cm³/mol. The van der Waals surface area contributed by atoms with Crippen LogP contribution in [0.5, 0.6) is 0 Å². The monoisotopic (exact) mass is 508 g/mol. The predicted octanol–water partition coefficient (Wildman–Crippen LogP) is 5.87. The zero-order valence-corrected chi connectivity index (χ0v) is 21.8. The second-order valence-electron chi connectivity index (χ2n) is 9.50. The van der Waals surface area contributed by atoms with Crippen molar-refractivity contribution in [3.05, 3.63) is 71.1 Å². The molecular weight excluding hydrogens is 476 g/mol. The van der Waals surface area contributed by atoms with E-state index in [2.05, 4.69) is 10.1 Å². The number of halogens is 1. The van der Waals surface area contributed by atoms with Crippen LogP contribution < -0.4 is 0 Å². The molecule has 0 saturated carbocycles. The largest absolute Gasteiger partial charge is 0.337 e. The van der Waals surface area contributed by atoms with Gasteiger partial charge in [-0.3, -0.25) is 9.59 Å². The van der Waals surface area contributed by atoms with Crippen molar-refractivity contribution in [2.45, 2.75) is 64.5 Å². The molecule has 0 N–H and O–H groups in total. The van der Waals surface area contributed by atoms with Crippen LogP contribution in [-0.4, -0.2) is 50.9 Å². The molecule has 0 aliphatic carbocycles. The van der Waals surface area contributed by atoms with Crippen LogP contribution in [0.2, 0.25) is 5.02 Å². The van der Waals surface area contributed by atoms with Gasteiger partial charge in [0.25, 0.3) is 0 Å². The van der Waals surface area contributed by atoms with Gasteiger partial charge >= 0.3 is 0 Å². The van der Waals surface area contributed by atoms with Gasteiger partial charge < -0.3 is 14.3 Å². The summed E-state index contributed by atoms with van der Waals surface area (Å²) in [7, 11) is 0. The van der Waals surface area contributed by atoms with E-state index >= 15 is 0 Å². The van der Waals surface area contributed by atoms with Crippen molar-refractivity contribution in [3.8, 4) is 11.4 Å². The lowest BCUT2D eigenvalue weighted by Gasteiger charge is -2.36. The lowest BCUT2D eigenvalue weighted by atomic mass is 9.94. The van der Waals surface area contributed by atoms with Crippen LogP contribution >= 0.6 is 11.6 Å². The third-order valence-corrected chi connectivity index (χ3v) is 6.99. The first-order valence-electron chi connectivity index (χ1n) is 12.6. The minimum atomic E-state index is -0.313. The minimum absolute atomic E-state index is 0.0195. The first-order valence-corrected chi connectivity index (χ1v) is 13.0. The zero-order valence-electron chi connectivity index (χ0n) is 21.1. The summed E-state index contributed by atoms with van der Waals surface area (Å²) in [5.74, 6) is 0.442. The molecule has 2 aromatic carbocycles. The molecule has 2 amide bonds. The number of benzene rings is 2. The van der Waals surface area contributed by atoms with Crippen molar-refractivity contribution in [1.29, 1.82) is 0 Å². The maximum atomic E-state index is 13.6. The summed E-state index contributed by atoms with van der Waals surface area (Å²) in [6.45, 7) is 6.52. The number of aromatic nitrogens is 2. The Bertz CT molecular complexity index is 1180. The number of hydrogen-bond donors (Lipinski definition) is 0. The van der Waals surface area contributed by atoms with Gasteiger partial charge in [-0.1, -0.05) is 66.1 Å². The second-order valence-corrected chi connectivity index (χ2v) is 9.93. The smallest absolute Gasteiger partial charge is 0.249 e. The molecule has 7 nitrogen and oxygen atoms in total. The summed E-state index contributed by atoms with van der Waals surface area (Å²) in [6, 6.07) is 16.6. The maximum Gasteiger partial charge on any atom is 0.249 e. The van der Waals surface area contributed by atoms with Crippen LogP contribution in [0.15, 0.2) is 59.1 Å². The molecule has 0 bridgehead atoms. The summed E-state index contributed by atoms with van der Waals surface area (Å²) >= 11 is 6.11. The summed E-state index contributed by atoms with van der Waals surface area (Å²) in [5, 5.41) is 4.72. The fraction of sp³-hybridized carbons (Fsp3) is 0.429. The number of nitrogens with zero attached hydrogens (tertiary/aromatic N) is 4. The van der Waals surface area contributed by atoms with Crippen molar-refractivity contribution in [1.82, 2.24) is 19.9 Å². The average molecular weight is 509 g/mol. The van der Waals surface area contributed by atoms with E-state index in [1.807, 2.05) is 63.2 Å². The first-order chi connectivity index (χ1) is 17.4. The lowest BCUT2D eigenvalue weighted by molar-refractivity contribution is -0.145. The Morgan fingerprint density at radius 1 is 1.14 bits per heavy atom. The maximum absolute atomic E-state index is 13.6. The van der Waals surface area contributed by atoms with E-state index < -0.39 is 0 Å². The van der Waals surface area contributed by atoms with Crippen LogP contribution in [0, 0.1) is 0 Å². The number of likely N-dealkylation sites (tertiary alicyclic amines) is 1. The summed E-state index contributed by atoms with van der Waals surface area (Å²) in [5.41, 5.74) is 1.73. The number of rotatable bonds is 8. The van der Waals surface area contributed by atoms with Crippen LogP contribution in [0.1, 0.15) is 69.9 Å². The minimum Gasteiger partial charge on any atom is -0.337 e.